The number of aromatic hydroxyl groups is 3. The first-order valence-corrected chi connectivity index (χ1v) is 6.96. The molecule has 1 aromatic rings. The molecule has 0 aliphatic heterocycles. The average Bonchev–Trinajstić information content (AvgIpc) is 2.43. The van der Waals surface area contributed by atoms with Gasteiger partial charge in [0.15, 0.2) is 0 Å². The summed E-state index contributed by atoms with van der Waals surface area (Å²) in [5.41, 5.74) is 6.13. The molecule has 0 aliphatic rings. The molecule has 5 N–H and O–H groups in total. The molecule has 1 rings (SSSR count). The standard InChI is InChI=1S/C15H23NO5/c1-3-9(6-12(16)15(20)21-2)4-5-11-13(18)7-10(17)8-14(11)19/h7-9,12,17-19H,3-6,16H2,1-2H3. The van der Waals surface area contributed by atoms with Gasteiger partial charge in [-0.2, -0.15) is 0 Å². The lowest BCUT2D eigenvalue weighted by Gasteiger charge is -2.18. The first-order chi connectivity index (χ1) is 9.88. The van der Waals surface area contributed by atoms with Gasteiger partial charge in [0.2, 0.25) is 0 Å². The van der Waals surface area contributed by atoms with Gasteiger partial charge in [0, 0.05) is 17.7 Å². The minimum atomic E-state index is -0.665. The number of hydrogen-bond donors (Lipinski definition) is 4. The number of ether oxygens (including phenoxy) is 1. The van der Waals surface area contributed by atoms with Crippen molar-refractivity contribution in [3.05, 3.63) is 17.7 Å². The molecule has 2 atom stereocenters. The van der Waals surface area contributed by atoms with Gasteiger partial charge in [0.25, 0.3) is 0 Å². The van der Waals surface area contributed by atoms with E-state index in [-0.39, 0.29) is 23.2 Å². The number of methoxy groups -OCH3 is 1. The van der Waals surface area contributed by atoms with Crippen LogP contribution >= 0.6 is 0 Å². The van der Waals surface area contributed by atoms with E-state index >= 15 is 0 Å². The normalized spacial score (nSPS) is 13.7. The first kappa shape index (κ1) is 17.1. The zero-order valence-electron chi connectivity index (χ0n) is 12.4. The zero-order chi connectivity index (χ0) is 16.0. The lowest BCUT2D eigenvalue weighted by Crippen LogP contribution is -2.33. The number of nitrogens with two attached hydrogens (primary N) is 1. The van der Waals surface area contributed by atoms with E-state index in [1.54, 1.807) is 0 Å². The second-order valence-corrected chi connectivity index (χ2v) is 5.14. The van der Waals surface area contributed by atoms with Crippen LogP contribution in [0.1, 0.15) is 31.7 Å². The van der Waals surface area contributed by atoms with E-state index < -0.39 is 12.0 Å². The Morgan fingerprint density at radius 1 is 1.29 bits per heavy atom. The minimum Gasteiger partial charge on any atom is -0.508 e. The van der Waals surface area contributed by atoms with Gasteiger partial charge in [0.05, 0.1) is 7.11 Å². The van der Waals surface area contributed by atoms with Crippen LogP contribution in [0, 0.1) is 5.92 Å². The second-order valence-electron chi connectivity index (χ2n) is 5.14. The number of carbonyl (C=O) groups is 1. The van der Waals surface area contributed by atoms with E-state index in [4.69, 9.17) is 5.73 Å². The predicted molar refractivity (Wildman–Crippen MR) is 78.1 cm³/mol. The lowest BCUT2D eigenvalue weighted by atomic mass is 9.90. The van der Waals surface area contributed by atoms with E-state index in [2.05, 4.69) is 4.74 Å². The fourth-order valence-electron chi connectivity index (χ4n) is 2.33. The van der Waals surface area contributed by atoms with Gasteiger partial charge in [0.1, 0.15) is 23.3 Å². The second kappa shape index (κ2) is 7.73. The number of benzene rings is 1. The van der Waals surface area contributed by atoms with Crippen molar-refractivity contribution in [3.8, 4) is 17.2 Å². The molecule has 0 aliphatic carbocycles. The number of phenolic OH excluding ortho intramolecular Hbond substituents is 3. The molecule has 0 bridgehead atoms. The Labute approximate surface area is 124 Å². The van der Waals surface area contributed by atoms with Gasteiger partial charge in [-0.3, -0.25) is 4.79 Å². The van der Waals surface area contributed by atoms with Crippen LogP contribution in [-0.2, 0) is 16.0 Å². The van der Waals surface area contributed by atoms with E-state index in [0.29, 0.717) is 24.8 Å². The molecule has 0 radical (unpaired) electrons. The quantitative estimate of drug-likeness (QED) is 0.569. The van der Waals surface area contributed by atoms with Gasteiger partial charge in [-0.15, -0.1) is 0 Å². The summed E-state index contributed by atoms with van der Waals surface area (Å²) in [6, 6.07) is 1.72. The summed E-state index contributed by atoms with van der Waals surface area (Å²) in [5.74, 6) is -0.733. The fourth-order valence-corrected chi connectivity index (χ4v) is 2.33. The number of phenols is 3. The third-order valence-electron chi connectivity index (χ3n) is 3.66. The monoisotopic (exact) mass is 297 g/mol. The summed E-state index contributed by atoms with van der Waals surface area (Å²) in [5, 5.41) is 28.8. The highest BCUT2D eigenvalue weighted by Crippen LogP contribution is 2.34. The minimum absolute atomic E-state index is 0.139. The summed E-state index contributed by atoms with van der Waals surface area (Å²) in [7, 11) is 1.30. The Bertz CT molecular complexity index is 466. The van der Waals surface area contributed by atoms with Crippen molar-refractivity contribution in [3.63, 3.8) is 0 Å². The van der Waals surface area contributed by atoms with Gasteiger partial charge in [-0.25, -0.2) is 0 Å². The number of hydrogen-bond acceptors (Lipinski definition) is 6. The van der Waals surface area contributed by atoms with Crippen LogP contribution in [0.5, 0.6) is 17.2 Å². The molecule has 21 heavy (non-hydrogen) atoms. The maximum Gasteiger partial charge on any atom is 0.322 e. The maximum atomic E-state index is 11.3. The van der Waals surface area contributed by atoms with Crippen molar-refractivity contribution in [1.82, 2.24) is 0 Å². The molecule has 0 fully saturated rings. The molecule has 6 heteroatoms. The Morgan fingerprint density at radius 3 is 2.33 bits per heavy atom. The van der Waals surface area contributed by atoms with Crippen molar-refractivity contribution >= 4 is 5.97 Å². The highest BCUT2D eigenvalue weighted by atomic mass is 16.5. The van der Waals surface area contributed by atoms with Crippen LogP contribution in [0.2, 0.25) is 0 Å². The van der Waals surface area contributed by atoms with Crippen LogP contribution in [0.15, 0.2) is 12.1 Å². The number of carbonyl (C=O) groups excluding carboxylic acids is 1. The van der Waals surface area contributed by atoms with Crippen LogP contribution < -0.4 is 5.73 Å². The average molecular weight is 297 g/mol. The largest absolute Gasteiger partial charge is 0.508 e. The summed E-state index contributed by atoms with van der Waals surface area (Å²) < 4.78 is 4.60. The molecule has 118 valence electrons. The summed E-state index contributed by atoms with van der Waals surface area (Å²) in [6.07, 6.45) is 2.41. The summed E-state index contributed by atoms with van der Waals surface area (Å²) in [4.78, 5) is 11.3. The van der Waals surface area contributed by atoms with Crippen LogP contribution in [0.3, 0.4) is 0 Å². The third-order valence-corrected chi connectivity index (χ3v) is 3.66. The molecule has 0 saturated heterocycles. The summed E-state index contributed by atoms with van der Waals surface area (Å²) >= 11 is 0. The van der Waals surface area contributed by atoms with E-state index in [1.165, 1.54) is 19.2 Å². The Kier molecular flexibility index (Phi) is 6.30. The van der Waals surface area contributed by atoms with Gasteiger partial charge < -0.3 is 25.8 Å². The summed E-state index contributed by atoms with van der Waals surface area (Å²) in [6.45, 7) is 1.99. The van der Waals surface area contributed by atoms with Crippen molar-refractivity contribution in [2.24, 2.45) is 11.7 Å². The van der Waals surface area contributed by atoms with Crippen molar-refractivity contribution in [2.75, 3.05) is 7.11 Å². The van der Waals surface area contributed by atoms with Crippen LogP contribution in [0.4, 0.5) is 0 Å². The molecule has 0 spiro atoms. The molecule has 6 nitrogen and oxygen atoms in total. The highest BCUT2D eigenvalue weighted by Gasteiger charge is 2.20. The molecular weight excluding hydrogens is 274 g/mol. The van der Waals surface area contributed by atoms with E-state index in [1.807, 2.05) is 6.92 Å². The zero-order valence-corrected chi connectivity index (χ0v) is 12.4. The van der Waals surface area contributed by atoms with Crippen molar-refractivity contribution in [1.29, 1.82) is 0 Å². The number of esters is 1. The van der Waals surface area contributed by atoms with Crippen molar-refractivity contribution in [2.45, 2.75) is 38.6 Å². The Balaban J connectivity index is 2.66. The molecule has 0 saturated carbocycles. The molecule has 1 aromatic carbocycles. The Hall–Kier alpha value is -1.95. The molecule has 0 heterocycles. The van der Waals surface area contributed by atoms with Gasteiger partial charge in [-0.05, 0) is 25.2 Å². The maximum absolute atomic E-state index is 11.3. The topological polar surface area (TPSA) is 113 Å². The first-order valence-electron chi connectivity index (χ1n) is 6.96. The SMILES string of the molecule is CCC(CCc1c(O)cc(O)cc1O)CC(N)C(=O)OC. The molecule has 0 aromatic heterocycles. The lowest BCUT2D eigenvalue weighted by molar-refractivity contribution is -0.142. The van der Waals surface area contributed by atoms with Crippen LogP contribution in [-0.4, -0.2) is 34.4 Å². The molecular formula is C15H23NO5. The van der Waals surface area contributed by atoms with Crippen molar-refractivity contribution < 1.29 is 24.9 Å². The fraction of sp³-hybridized carbons (Fsp3) is 0.533. The predicted octanol–water partition coefficient (Wildman–Crippen LogP) is 1.65. The number of rotatable bonds is 7. The Morgan fingerprint density at radius 2 is 1.86 bits per heavy atom. The van der Waals surface area contributed by atoms with E-state index in [9.17, 15) is 20.1 Å². The van der Waals surface area contributed by atoms with Gasteiger partial charge >= 0.3 is 5.97 Å². The van der Waals surface area contributed by atoms with Crippen LogP contribution in [0.25, 0.3) is 0 Å². The van der Waals surface area contributed by atoms with E-state index in [0.717, 1.165) is 6.42 Å². The highest BCUT2D eigenvalue weighted by molar-refractivity contribution is 5.75. The molecule has 0 amide bonds. The van der Waals surface area contributed by atoms with Gasteiger partial charge in [-0.1, -0.05) is 13.3 Å². The third kappa shape index (κ3) is 4.82. The smallest absolute Gasteiger partial charge is 0.322 e. The molecule has 2 unspecified atom stereocenters.